The molecule has 1 aliphatic rings. The van der Waals surface area contributed by atoms with E-state index in [1.807, 2.05) is 84.9 Å². The highest BCUT2D eigenvalue weighted by Gasteiger charge is 2.55. The van der Waals surface area contributed by atoms with Crippen LogP contribution < -0.4 is 4.90 Å². The summed E-state index contributed by atoms with van der Waals surface area (Å²) in [5, 5.41) is 0. The summed E-state index contributed by atoms with van der Waals surface area (Å²) in [6.07, 6.45) is -0.0488. The lowest BCUT2D eigenvalue weighted by Gasteiger charge is -2.32. The third-order valence-corrected chi connectivity index (χ3v) is 7.96. The smallest absolute Gasteiger partial charge is 0.309 e. The van der Waals surface area contributed by atoms with Gasteiger partial charge in [-0.3, -0.25) is 9.36 Å². The number of anilines is 1. The predicted molar refractivity (Wildman–Crippen MR) is 127 cm³/mol. The number of fused-ring (bicyclic) bond motifs is 1. The van der Waals surface area contributed by atoms with Gasteiger partial charge in [0.2, 0.25) is 5.91 Å². The molecule has 6 heteroatoms. The highest BCUT2D eigenvalue weighted by atomic mass is 31.2. The Balaban J connectivity index is 1.89. The van der Waals surface area contributed by atoms with Crippen LogP contribution in [-0.4, -0.2) is 25.3 Å². The van der Waals surface area contributed by atoms with Crippen molar-refractivity contribution in [3.8, 4) is 0 Å². The van der Waals surface area contributed by atoms with Crippen LogP contribution in [0.4, 0.5) is 5.69 Å². The van der Waals surface area contributed by atoms with Crippen molar-refractivity contribution in [2.75, 3.05) is 24.3 Å². The molecule has 0 bridgehead atoms. The Hall–Kier alpha value is -2.72. The number of nitrogens with zero attached hydrogens (tertiary/aromatic N) is 1. The Kier molecular flexibility index (Phi) is 6.61. The van der Waals surface area contributed by atoms with E-state index in [2.05, 4.69) is 0 Å². The summed E-state index contributed by atoms with van der Waals surface area (Å²) in [4.78, 5) is 16.1. The van der Waals surface area contributed by atoms with Crippen molar-refractivity contribution >= 4 is 19.2 Å². The minimum Gasteiger partial charge on any atom is -0.309 e. The third kappa shape index (κ3) is 4.04. The van der Waals surface area contributed by atoms with E-state index in [0.717, 1.165) is 22.4 Å². The van der Waals surface area contributed by atoms with Gasteiger partial charge in [0, 0.05) is 5.69 Å². The highest BCUT2D eigenvalue weighted by Crippen LogP contribution is 2.58. The molecule has 0 saturated carbocycles. The standard InChI is InChI=1S/C26H28NO4P/c1-3-30-32(29,31-4-2)20-26(22-15-9-6-10-16-22)23-17-11-12-18-24(23)27(25(26)28)19-21-13-7-5-8-14-21/h5-18H,3-4,19-20H2,1-2H3. The van der Waals surface area contributed by atoms with Crippen LogP contribution in [0.25, 0.3) is 0 Å². The van der Waals surface area contributed by atoms with E-state index in [9.17, 15) is 9.36 Å². The van der Waals surface area contributed by atoms with Gasteiger partial charge in [-0.1, -0.05) is 78.9 Å². The largest absolute Gasteiger partial charge is 0.332 e. The van der Waals surface area contributed by atoms with E-state index in [1.165, 1.54) is 0 Å². The highest BCUT2D eigenvalue weighted by molar-refractivity contribution is 7.54. The molecule has 0 aromatic heterocycles. The summed E-state index contributed by atoms with van der Waals surface area (Å²) in [6.45, 7) is 4.48. The van der Waals surface area contributed by atoms with Gasteiger partial charge in [-0.15, -0.1) is 0 Å². The zero-order chi connectivity index (χ0) is 22.6. The van der Waals surface area contributed by atoms with Crippen molar-refractivity contribution in [1.29, 1.82) is 0 Å². The predicted octanol–water partition coefficient (Wildman–Crippen LogP) is 5.79. The van der Waals surface area contributed by atoms with Gasteiger partial charge in [0.1, 0.15) is 5.41 Å². The molecular formula is C26H28NO4P. The fraction of sp³-hybridized carbons (Fsp3) is 0.269. The molecule has 1 atom stereocenters. The third-order valence-electron chi connectivity index (χ3n) is 5.80. The van der Waals surface area contributed by atoms with E-state index in [4.69, 9.17) is 9.05 Å². The average molecular weight is 449 g/mol. The molecule has 5 nitrogen and oxygen atoms in total. The molecule has 32 heavy (non-hydrogen) atoms. The number of benzene rings is 3. The summed E-state index contributed by atoms with van der Waals surface area (Å²) in [5.74, 6) is -0.117. The maximum absolute atomic E-state index is 14.3. The second-order valence-corrected chi connectivity index (χ2v) is 9.82. The molecule has 1 amide bonds. The van der Waals surface area contributed by atoms with Crippen LogP contribution in [0, 0.1) is 0 Å². The number of carbonyl (C=O) groups excluding carboxylic acids is 1. The number of carbonyl (C=O) groups is 1. The molecule has 166 valence electrons. The van der Waals surface area contributed by atoms with Crippen LogP contribution in [0.2, 0.25) is 0 Å². The Morgan fingerprint density at radius 2 is 1.38 bits per heavy atom. The van der Waals surface area contributed by atoms with Crippen molar-refractivity contribution in [2.24, 2.45) is 0 Å². The first-order chi connectivity index (χ1) is 15.5. The Bertz CT molecular complexity index is 1110. The normalized spacial score (nSPS) is 18.1. The Labute approximate surface area is 189 Å². The monoisotopic (exact) mass is 449 g/mol. The lowest BCUT2D eigenvalue weighted by atomic mass is 9.77. The lowest BCUT2D eigenvalue weighted by Crippen LogP contribution is -2.44. The van der Waals surface area contributed by atoms with Crippen LogP contribution in [0.5, 0.6) is 0 Å². The fourth-order valence-corrected chi connectivity index (χ4v) is 6.62. The molecule has 0 radical (unpaired) electrons. The van der Waals surface area contributed by atoms with Gasteiger partial charge in [0.05, 0.1) is 25.9 Å². The molecule has 1 aliphatic heterocycles. The second kappa shape index (κ2) is 9.41. The van der Waals surface area contributed by atoms with Crippen LogP contribution >= 0.6 is 7.60 Å². The maximum atomic E-state index is 14.3. The van der Waals surface area contributed by atoms with E-state index >= 15 is 0 Å². The molecule has 0 fully saturated rings. The van der Waals surface area contributed by atoms with Crippen molar-refractivity contribution < 1.29 is 18.4 Å². The summed E-state index contributed by atoms with van der Waals surface area (Å²) < 4.78 is 25.1. The van der Waals surface area contributed by atoms with Gasteiger partial charge in [0.25, 0.3) is 0 Å². The maximum Gasteiger partial charge on any atom is 0.332 e. The van der Waals surface area contributed by atoms with Gasteiger partial charge in [-0.25, -0.2) is 0 Å². The van der Waals surface area contributed by atoms with Crippen molar-refractivity contribution in [3.63, 3.8) is 0 Å². The van der Waals surface area contributed by atoms with Crippen molar-refractivity contribution in [3.05, 3.63) is 102 Å². The molecule has 1 unspecified atom stereocenters. The number of rotatable bonds is 9. The molecule has 1 heterocycles. The minimum absolute atomic E-state index is 0.0488. The average Bonchev–Trinajstić information content (AvgIpc) is 3.04. The summed E-state index contributed by atoms with van der Waals surface area (Å²) in [5.41, 5.74) is 2.30. The molecule has 0 aliphatic carbocycles. The Morgan fingerprint density at radius 3 is 2.00 bits per heavy atom. The lowest BCUT2D eigenvalue weighted by molar-refractivity contribution is -0.121. The molecule has 3 aromatic carbocycles. The second-order valence-electron chi connectivity index (χ2n) is 7.77. The van der Waals surface area contributed by atoms with Gasteiger partial charge >= 0.3 is 7.60 Å². The van der Waals surface area contributed by atoms with Crippen LogP contribution in [-0.2, 0) is 30.4 Å². The molecule has 0 spiro atoms. The number of amides is 1. The zero-order valence-corrected chi connectivity index (χ0v) is 19.3. The van der Waals surface area contributed by atoms with Crippen LogP contribution in [0.3, 0.4) is 0 Å². The first-order valence-electron chi connectivity index (χ1n) is 10.9. The molecule has 0 N–H and O–H groups in total. The van der Waals surface area contributed by atoms with Gasteiger partial charge in [-0.2, -0.15) is 0 Å². The molecule has 0 saturated heterocycles. The summed E-state index contributed by atoms with van der Waals surface area (Å²) in [6, 6.07) is 27.2. The van der Waals surface area contributed by atoms with Gasteiger partial charge < -0.3 is 13.9 Å². The molecule has 4 rings (SSSR count). The van der Waals surface area contributed by atoms with Gasteiger partial charge in [0.15, 0.2) is 0 Å². The first-order valence-corrected chi connectivity index (χ1v) is 12.7. The first kappa shape index (κ1) is 22.5. The van der Waals surface area contributed by atoms with E-state index < -0.39 is 13.0 Å². The van der Waals surface area contributed by atoms with E-state index in [0.29, 0.717) is 6.54 Å². The number of hydrogen-bond donors (Lipinski definition) is 0. The van der Waals surface area contributed by atoms with Crippen molar-refractivity contribution in [1.82, 2.24) is 0 Å². The summed E-state index contributed by atoms with van der Waals surface area (Å²) >= 11 is 0. The van der Waals surface area contributed by atoms with E-state index in [1.54, 1.807) is 18.7 Å². The quantitative estimate of drug-likeness (QED) is 0.388. The summed E-state index contributed by atoms with van der Waals surface area (Å²) in [7, 11) is -3.55. The van der Waals surface area contributed by atoms with Gasteiger partial charge in [-0.05, 0) is 36.6 Å². The van der Waals surface area contributed by atoms with Crippen LogP contribution in [0.15, 0.2) is 84.9 Å². The minimum atomic E-state index is -3.55. The topological polar surface area (TPSA) is 55.8 Å². The molecule has 3 aromatic rings. The fourth-order valence-electron chi connectivity index (χ4n) is 4.51. The van der Waals surface area contributed by atoms with E-state index in [-0.39, 0.29) is 25.3 Å². The number of para-hydroxylation sites is 1. The van der Waals surface area contributed by atoms with Crippen molar-refractivity contribution in [2.45, 2.75) is 25.8 Å². The molecular weight excluding hydrogens is 421 g/mol. The Morgan fingerprint density at radius 1 is 0.812 bits per heavy atom. The number of hydrogen-bond acceptors (Lipinski definition) is 4. The van der Waals surface area contributed by atoms with Crippen LogP contribution in [0.1, 0.15) is 30.5 Å². The zero-order valence-electron chi connectivity index (χ0n) is 18.4. The SMILES string of the molecule is CCOP(=O)(CC1(c2ccccc2)C(=O)N(Cc2ccccc2)c2ccccc21)OCC.